The SMILES string of the molecule is CCCNC(=O)CNCC1COCCO1. The Morgan fingerprint density at radius 1 is 1.47 bits per heavy atom. The molecular formula is C10H20N2O3. The third-order valence-corrected chi connectivity index (χ3v) is 2.11. The van der Waals surface area contributed by atoms with Crippen LogP contribution in [0.2, 0.25) is 0 Å². The van der Waals surface area contributed by atoms with Gasteiger partial charge in [-0.15, -0.1) is 0 Å². The predicted molar refractivity (Wildman–Crippen MR) is 56.7 cm³/mol. The molecular weight excluding hydrogens is 196 g/mol. The van der Waals surface area contributed by atoms with Gasteiger partial charge in [-0.05, 0) is 6.42 Å². The zero-order valence-corrected chi connectivity index (χ0v) is 9.25. The summed E-state index contributed by atoms with van der Waals surface area (Å²) in [6, 6.07) is 0. The van der Waals surface area contributed by atoms with Crippen LogP contribution in [0.1, 0.15) is 13.3 Å². The van der Waals surface area contributed by atoms with Crippen molar-refractivity contribution in [2.24, 2.45) is 0 Å². The van der Waals surface area contributed by atoms with Gasteiger partial charge in [-0.3, -0.25) is 4.79 Å². The molecule has 1 unspecified atom stereocenters. The first-order chi connectivity index (χ1) is 7.33. The first-order valence-electron chi connectivity index (χ1n) is 5.49. The summed E-state index contributed by atoms with van der Waals surface area (Å²) in [7, 11) is 0. The fourth-order valence-electron chi connectivity index (χ4n) is 1.33. The molecule has 0 aromatic rings. The summed E-state index contributed by atoms with van der Waals surface area (Å²) >= 11 is 0. The molecule has 1 heterocycles. The fraction of sp³-hybridized carbons (Fsp3) is 0.900. The predicted octanol–water partition coefficient (Wildman–Crippen LogP) is -0.482. The topological polar surface area (TPSA) is 59.6 Å². The Kier molecular flexibility index (Phi) is 6.31. The minimum atomic E-state index is 0.0357. The number of hydrogen-bond acceptors (Lipinski definition) is 4. The lowest BCUT2D eigenvalue weighted by atomic mass is 10.3. The van der Waals surface area contributed by atoms with E-state index in [0.717, 1.165) is 13.0 Å². The van der Waals surface area contributed by atoms with Crippen LogP contribution in [-0.4, -0.2) is 51.5 Å². The molecule has 5 nitrogen and oxygen atoms in total. The van der Waals surface area contributed by atoms with Crippen LogP contribution in [0.5, 0.6) is 0 Å². The van der Waals surface area contributed by atoms with Crippen molar-refractivity contribution in [1.29, 1.82) is 0 Å². The van der Waals surface area contributed by atoms with Gasteiger partial charge in [0.05, 0.1) is 32.5 Å². The van der Waals surface area contributed by atoms with Gasteiger partial charge < -0.3 is 20.1 Å². The summed E-state index contributed by atoms with van der Waals surface area (Å²) in [4.78, 5) is 11.2. The lowest BCUT2D eigenvalue weighted by molar-refractivity contribution is -0.120. The van der Waals surface area contributed by atoms with Crippen molar-refractivity contribution in [1.82, 2.24) is 10.6 Å². The number of nitrogens with one attached hydrogen (secondary N) is 2. The summed E-state index contributed by atoms with van der Waals surface area (Å²) < 4.78 is 10.7. The van der Waals surface area contributed by atoms with E-state index in [9.17, 15) is 4.79 Å². The largest absolute Gasteiger partial charge is 0.376 e. The van der Waals surface area contributed by atoms with E-state index in [4.69, 9.17) is 9.47 Å². The van der Waals surface area contributed by atoms with Crippen molar-refractivity contribution in [2.45, 2.75) is 19.4 Å². The molecule has 0 aromatic carbocycles. The van der Waals surface area contributed by atoms with Gasteiger partial charge in [-0.2, -0.15) is 0 Å². The van der Waals surface area contributed by atoms with Crippen molar-refractivity contribution >= 4 is 5.91 Å². The Morgan fingerprint density at radius 2 is 2.33 bits per heavy atom. The zero-order chi connectivity index (χ0) is 10.9. The van der Waals surface area contributed by atoms with Gasteiger partial charge >= 0.3 is 0 Å². The summed E-state index contributed by atoms with van der Waals surface area (Å²) in [6.07, 6.45) is 1.04. The maximum Gasteiger partial charge on any atom is 0.233 e. The minimum absolute atomic E-state index is 0.0357. The first kappa shape index (κ1) is 12.4. The normalized spacial score (nSPS) is 21.3. The third-order valence-electron chi connectivity index (χ3n) is 2.11. The molecule has 1 atom stereocenters. The Balaban J connectivity index is 1.97. The van der Waals surface area contributed by atoms with E-state index in [1.807, 2.05) is 6.92 Å². The van der Waals surface area contributed by atoms with Crippen molar-refractivity contribution in [3.8, 4) is 0 Å². The lowest BCUT2D eigenvalue weighted by Crippen LogP contribution is -2.41. The molecule has 0 saturated carbocycles. The van der Waals surface area contributed by atoms with Gasteiger partial charge in [-0.25, -0.2) is 0 Å². The van der Waals surface area contributed by atoms with E-state index in [-0.39, 0.29) is 12.0 Å². The summed E-state index contributed by atoms with van der Waals surface area (Å²) in [5.41, 5.74) is 0. The van der Waals surface area contributed by atoms with E-state index < -0.39 is 0 Å². The van der Waals surface area contributed by atoms with Crippen LogP contribution < -0.4 is 10.6 Å². The average Bonchev–Trinajstić information content (AvgIpc) is 2.28. The summed E-state index contributed by atoms with van der Waals surface area (Å²) in [5.74, 6) is 0.0357. The number of carbonyl (C=O) groups excluding carboxylic acids is 1. The van der Waals surface area contributed by atoms with Gasteiger partial charge in [-0.1, -0.05) is 6.92 Å². The minimum Gasteiger partial charge on any atom is -0.376 e. The Hall–Kier alpha value is -0.650. The van der Waals surface area contributed by atoms with Gasteiger partial charge in [0.1, 0.15) is 0 Å². The van der Waals surface area contributed by atoms with E-state index in [2.05, 4.69) is 10.6 Å². The average molecular weight is 216 g/mol. The molecule has 15 heavy (non-hydrogen) atoms. The maximum absolute atomic E-state index is 11.2. The number of ether oxygens (including phenoxy) is 2. The highest BCUT2D eigenvalue weighted by Crippen LogP contribution is 1.98. The van der Waals surface area contributed by atoms with Crippen LogP contribution in [0.3, 0.4) is 0 Å². The Bertz CT molecular complexity index is 182. The van der Waals surface area contributed by atoms with Crippen LogP contribution >= 0.6 is 0 Å². The second-order valence-electron chi connectivity index (χ2n) is 3.55. The van der Waals surface area contributed by atoms with Crippen LogP contribution in [0.4, 0.5) is 0 Å². The molecule has 5 heteroatoms. The highest BCUT2D eigenvalue weighted by atomic mass is 16.6. The second-order valence-corrected chi connectivity index (χ2v) is 3.55. The van der Waals surface area contributed by atoms with Crippen molar-refractivity contribution in [2.75, 3.05) is 39.5 Å². The first-order valence-corrected chi connectivity index (χ1v) is 5.49. The standard InChI is InChI=1S/C10H20N2O3/c1-2-3-12-10(13)7-11-6-9-8-14-4-5-15-9/h9,11H,2-8H2,1H3,(H,12,13). The van der Waals surface area contributed by atoms with Gasteiger partial charge in [0.25, 0.3) is 0 Å². The molecule has 2 N–H and O–H groups in total. The lowest BCUT2D eigenvalue weighted by Gasteiger charge is -2.22. The Labute approximate surface area is 90.5 Å². The fourth-order valence-corrected chi connectivity index (χ4v) is 1.33. The molecule has 1 fully saturated rings. The maximum atomic E-state index is 11.2. The molecule has 1 saturated heterocycles. The zero-order valence-electron chi connectivity index (χ0n) is 9.25. The van der Waals surface area contributed by atoms with Crippen molar-refractivity contribution in [3.63, 3.8) is 0 Å². The van der Waals surface area contributed by atoms with Crippen molar-refractivity contribution < 1.29 is 14.3 Å². The molecule has 0 bridgehead atoms. The molecule has 0 aromatic heterocycles. The highest BCUT2D eigenvalue weighted by Gasteiger charge is 2.13. The molecule has 88 valence electrons. The van der Waals surface area contributed by atoms with E-state index >= 15 is 0 Å². The number of carbonyl (C=O) groups is 1. The molecule has 1 amide bonds. The highest BCUT2D eigenvalue weighted by molar-refractivity contribution is 5.77. The van der Waals surface area contributed by atoms with E-state index in [1.165, 1.54) is 0 Å². The molecule has 1 aliphatic rings. The van der Waals surface area contributed by atoms with Gasteiger partial charge in [0.2, 0.25) is 5.91 Å². The van der Waals surface area contributed by atoms with Crippen LogP contribution in [0.15, 0.2) is 0 Å². The smallest absolute Gasteiger partial charge is 0.233 e. The second kappa shape index (κ2) is 7.62. The van der Waals surface area contributed by atoms with E-state index in [1.54, 1.807) is 0 Å². The molecule has 0 aliphatic carbocycles. The molecule has 0 radical (unpaired) electrons. The number of rotatable bonds is 6. The third kappa shape index (κ3) is 5.71. The van der Waals surface area contributed by atoms with Crippen LogP contribution in [-0.2, 0) is 14.3 Å². The Morgan fingerprint density at radius 3 is 3.00 bits per heavy atom. The van der Waals surface area contributed by atoms with Gasteiger partial charge in [0, 0.05) is 13.1 Å². The molecule has 0 spiro atoms. The van der Waals surface area contributed by atoms with E-state index in [0.29, 0.717) is 32.9 Å². The summed E-state index contributed by atoms with van der Waals surface area (Å²) in [5, 5.41) is 5.84. The monoisotopic (exact) mass is 216 g/mol. The van der Waals surface area contributed by atoms with Gasteiger partial charge in [0.15, 0.2) is 0 Å². The van der Waals surface area contributed by atoms with Crippen molar-refractivity contribution in [3.05, 3.63) is 0 Å². The number of hydrogen-bond donors (Lipinski definition) is 2. The van der Waals surface area contributed by atoms with Crippen LogP contribution in [0.25, 0.3) is 0 Å². The number of amides is 1. The molecule has 1 rings (SSSR count). The summed E-state index contributed by atoms with van der Waals surface area (Å²) in [6.45, 7) is 5.72. The molecule has 1 aliphatic heterocycles. The quantitative estimate of drug-likeness (QED) is 0.629. The van der Waals surface area contributed by atoms with Crippen LogP contribution in [0, 0.1) is 0 Å².